The summed E-state index contributed by atoms with van der Waals surface area (Å²) in [5.41, 5.74) is 0.952. The van der Waals surface area contributed by atoms with Crippen molar-refractivity contribution >= 4 is 12.0 Å². The van der Waals surface area contributed by atoms with Crippen molar-refractivity contribution in [1.82, 2.24) is 0 Å². The fourth-order valence-electron chi connectivity index (χ4n) is 2.10. The first-order valence-corrected chi connectivity index (χ1v) is 7.72. The van der Waals surface area contributed by atoms with Gasteiger partial charge in [0.25, 0.3) is 0 Å². The van der Waals surface area contributed by atoms with Gasteiger partial charge in [0.1, 0.15) is 11.9 Å². The van der Waals surface area contributed by atoms with Crippen LogP contribution < -0.4 is 4.74 Å². The van der Waals surface area contributed by atoms with Gasteiger partial charge in [-0.25, -0.2) is 4.79 Å². The number of benzene rings is 1. The molecular weight excluding hydrogens is 264 g/mol. The number of esters is 1. The van der Waals surface area contributed by atoms with Crippen molar-refractivity contribution in [3.05, 3.63) is 35.9 Å². The van der Waals surface area contributed by atoms with Gasteiger partial charge in [0.05, 0.1) is 7.11 Å². The Morgan fingerprint density at radius 2 is 1.86 bits per heavy atom. The molecule has 0 saturated heterocycles. The first-order valence-electron chi connectivity index (χ1n) is 7.72. The molecule has 1 unspecified atom stereocenters. The quantitative estimate of drug-likeness (QED) is 0.492. The molecule has 3 nitrogen and oxygen atoms in total. The Balaban J connectivity index is 2.51. The van der Waals surface area contributed by atoms with Crippen LogP contribution in [0.25, 0.3) is 6.08 Å². The van der Waals surface area contributed by atoms with Crippen molar-refractivity contribution in [2.24, 2.45) is 0 Å². The van der Waals surface area contributed by atoms with Crippen LogP contribution in [0, 0.1) is 0 Å². The minimum Gasteiger partial charge on any atom is -0.497 e. The van der Waals surface area contributed by atoms with Crippen LogP contribution in [0.1, 0.15) is 51.5 Å². The maximum absolute atomic E-state index is 11.9. The Morgan fingerprint density at radius 3 is 2.43 bits per heavy atom. The van der Waals surface area contributed by atoms with Gasteiger partial charge in [0.15, 0.2) is 0 Å². The first-order chi connectivity index (χ1) is 10.2. The van der Waals surface area contributed by atoms with Crippen molar-refractivity contribution in [3.8, 4) is 5.75 Å². The van der Waals surface area contributed by atoms with E-state index in [1.165, 1.54) is 6.08 Å². The second kappa shape index (κ2) is 10.0. The summed E-state index contributed by atoms with van der Waals surface area (Å²) in [7, 11) is 1.63. The van der Waals surface area contributed by atoms with E-state index in [1.54, 1.807) is 13.2 Å². The van der Waals surface area contributed by atoms with Gasteiger partial charge in [-0.3, -0.25) is 0 Å². The molecule has 0 N–H and O–H groups in total. The number of rotatable bonds is 9. The van der Waals surface area contributed by atoms with Crippen molar-refractivity contribution in [3.63, 3.8) is 0 Å². The molecule has 0 aliphatic heterocycles. The van der Waals surface area contributed by atoms with Crippen LogP contribution in [0.15, 0.2) is 30.3 Å². The molecular formula is C18H26O3. The SMILES string of the molecule is CCCCC(CCC)OC(=O)C=Cc1ccc(OC)cc1. The minimum atomic E-state index is -0.264. The molecule has 1 aromatic carbocycles. The fraction of sp³-hybridized carbons (Fsp3) is 0.500. The molecule has 21 heavy (non-hydrogen) atoms. The van der Waals surface area contributed by atoms with Gasteiger partial charge in [-0.2, -0.15) is 0 Å². The van der Waals surface area contributed by atoms with E-state index in [-0.39, 0.29) is 12.1 Å². The van der Waals surface area contributed by atoms with Crippen LogP contribution in [0.3, 0.4) is 0 Å². The summed E-state index contributed by atoms with van der Waals surface area (Å²) in [6.07, 6.45) is 8.45. The number of carbonyl (C=O) groups excluding carboxylic acids is 1. The third kappa shape index (κ3) is 6.98. The van der Waals surface area contributed by atoms with Crippen molar-refractivity contribution in [2.75, 3.05) is 7.11 Å². The average molecular weight is 290 g/mol. The van der Waals surface area contributed by atoms with Crippen molar-refractivity contribution < 1.29 is 14.3 Å². The molecule has 0 bridgehead atoms. The van der Waals surface area contributed by atoms with Gasteiger partial charge < -0.3 is 9.47 Å². The predicted molar refractivity (Wildman–Crippen MR) is 86.3 cm³/mol. The molecule has 1 aromatic rings. The zero-order valence-electron chi connectivity index (χ0n) is 13.3. The number of carbonyl (C=O) groups is 1. The smallest absolute Gasteiger partial charge is 0.331 e. The summed E-state index contributed by atoms with van der Waals surface area (Å²) in [6.45, 7) is 4.26. The zero-order chi connectivity index (χ0) is 15.5. The maximum Gasteiger partial charge on any atom is 0.331 e. The molecule has 0 aromatic heterocycles. The van der Waals surface area contributed by atoms with Gasteiger partial charge >= 0.3 is 5.97 Å². The number of hydrogen-bond acceptors (Lipinski definition) is 3. The van der Waals surface area contributed by atoms with E-state index >= 15 is 0 Å². The lowest BCUT2D eigenvalue weighted by atomic mass is 10.1. The summed E-state index contributed by atoms with van der Waals surface area (Å²) < 4.78 is 10.6. The monoisotopic (exact) mass is 290 g/mol. The van der Waals surface area contributed by atoms with Gasteiger partial charge in [0, 0.05) is 6.08 Å². The second-order valence-corrected chi connectivity index (χ2v) is 5.10. The van der Waals surface area contributed by atoms with Crippen LogP contribution in [0.2, 0.25) is 0 Å². The van der Waals surface area contributed by atoms with Crippen LogP contribution in [-0.4, -0.2) is 19.2 Å². The van der Waals surface area contributed by atoms with E-state index in [0.717, 1.165) is 43.4 Å². The van der Waals surface area contributed by atoms with E-state index < -0.39 is 0 Å². The van der Waals surface area contributed by atoms with Gasteiger partial charge in [-0.05, 0) is 36.6 Å². The molecule has 0 aliphatic rings. The van der Waals surface area contributed by atoms with Crippen LogP contribution in [0.4, 0.5) is 0 Å². The normalized spacial score (nSPS) is 12.3. The Bertz CT molecular complexity index is 434. The molecule has 0 amide bonds. The van der Waals surface area contributed by atoms with Gasteiger partial charge in [-0.15, -0.1) is 0 Å². The molecule has 0 spiro atoms. The molecule has 0 radical (unpaired) electrons. The largest absolute Gasteiger partial charge is 0.497 e. The summed E-state index contributed by atoms with van der Waals surface area (Å²) in [4.78, 5) is 11.9. The Hall–Kier alpha value is -1.77. The molecule has 1 rings (SSSR count). The van der Waals surface area contributed by atoms with E-state index in [2.05, 4.69) is 13.8 Å². The number of ether oxygens (including phenoxy) is 2. The molecule has 0 fully saturated rings. The number of hydrogen-bond donors (Lipinski definition) is 0. The highest BCUT2D eigenvalue weighted by atomic mass is 16.5. The molecule has 0 heterocycles. The van der Waals surface area contributed by atoms with Gasteiger partial charge in [-0.1, -0.05) is 45.2 Å². The lowest BCUT2D eigenvalue weighted by molar-refractivity contribution is -0.143. The predicted octanol–water partition coefficient (Wildman–Crippen LogP) is 4.61. The summed E-state index contributed by atoms with van der Waals surface area (Å²) >= 11 is 0. The minimum absolute atomic E-state index is 0.0444. The van der Waals surface area contributed by atoms with Crippen LogP contribution >= 0.6 is 0 Å². The topological polar surface area (TPSA) is 35.5 Å². The van der Waals surface area contributed by atoms with E-state index in [0.29, 0.717) is 0 Å². The van der Waals surface area contributed by atoms with Crippen molar-refractivity contribution in [1.29, 1.82) is 0 Å². The molecule has 116 valence electrons. The third-order valence-electron chi connectivity index (χ3n) is 3.30. The Kier molecular flexibility index (Phi) is 8.25. The molecule has 0 saturated carbocycles. The Morgan fingerprint density at radius 1 is 1.14 bits per heavy atom. The average Bonchev–Trinajstić information content (AvgIpc) is 2.51. The standard InChI is InChI=1S/C18H26O3/c1-4-6-8-17(7-5-2)21-18(19)14-11-15-9-12-16(20-3)13-10-15/h9-14,17H,4-8H2,1-3H3. The van der Waals surface area contributed by atoms with Crippen LogP contribution in [-0.2, 0) is 9.53 Å². The second-order valence-electron chi connectivity index (χ2n) is 5.10. The lowest BCUT2D eigenvalue weighted by Gasteiger charge is -2.15. The van der Waals surface area contributed by atoms with Gasteiger partial charge in [0.2, 0.25) is 0 Å². The lowest BCUT2D eigenvalue weighted by Crippen LogP contribution is -2.16. The third-order valence-corrected chi connectivity index (χ3v) is 3.30. The summed E-state index contributed by atoms with van der Waals surface area (Å²) in [5.74, 6) is 0.540. The Labute approximate surface area is 128 Å². The summed E-state index contributed by atoms with van der Waals surface area (Å²) in [6, 6.07) is 7.55. The van der Waals surface area contributed by atoms with Crippen LogP contribution in [0.5, 0.6) is 5.75 Å². The number of unbranched alkanes of at least 4 members (excludes halogenated alkanes) is 1. The fourth-order valence-corrected chi connectivity index (χ4v) is 2.10. The first kappa shape index (κ1) is 17.3. The van der Waals surface area contributed by atoms with Crippen molar-refractivity contribution in [2.45, 2.75) is 52.1 Å². The van der Waals surface area contributed by atoms with E-state index in [9.17, 15) is 4.79 Å². The zero-order valence-corrected chi connectivity index (χ0v) is 13.3. The molecule has 3 heteroatoms. The highest BCUT2D eigenvalue weighted by molar-refractivity contribution is 5.87. The molecule has 1 atom stereocenters. The molecule has 0 aliphatic carbocycles. The summed E-state index contributed by atoms with van der Waals surface area (Å²) in [5, 5.41) is 0. The number of methoxy groups -OCH3 is 1. The maximum atomic E-state index is 11.9. The van der Waals surface area contributed by atoms with E-state index in [1.807, 2.05) is 24.3 Å². The van der Waals surface area contributed by atoms with E-state index in [4.69, 9.17) is 9.47 Å². The highest BCUT2D eigenvalue weighted by Crippen LogP contribution is 2.14. The highest BCUT2D eigenvalue weighted by Gasteiger charge is 2.11.